The second-order valence-electron chi connectivity index (χ2n) is 9.00. The maximum Gasteiger partial charge on any atom is 0.239 e. The molecule has 0 aromatic heterocycles. The standard InChI is InChI=1S/C26H30Cl2N4O6/c1-18(34)31-8-10-32(11-9-31)20-3-5-21(6-4-20)36-14-22-15-37-26(38-22,16-30-25(35)13-29-17-33)23-7-2-19(27)12-24(23)28/h2-7,12,17,22H,8-11,13-16H2,1H3,(H,29,33)(H,30,35)/t22-,26-/m1/s1. The van der Waals surface area contributed by atoms with Crippen LogP contribution in [0.25, 0.3) is 0 Å². The van der Waals surface area contributed by atoms with E-state index < -0.39 is 17.8 Å². The zero-order valence-electron chi connectivity index (χ0n) is 21.0. The fourth-order valence-electron chi connectivity index (χ4n) is 4.41. The van der Waals surface area contributed by atoms with E-state index in [1.54, 1.807) is 25.1 Å². The molecule has 0 bridgehead atoms. The van der Waals surface area contributed by atoms with Crippen LogP contribution < -0.4 is 20.3 Å². The Labute approximate surface area is 231 Å². The molecule has 38 heavy (non-hydrogen) atoms. The molecule has 2 N–H and O–H groups in total. The van der Waals surface area contributed by atoms with Crippen molar-refractivity contribution in [2.24, 2.45) is 0 Å². The SMILES string of the molecule is CC(=O)N1CCN(c2ccc(OC[C@@H]3CO[C@@](CNC(=O)CNC=O)(c4ccc(Cl)cc4Cl)O3)cc2)CC1. The van der Waals surface area contributed by atoms with Gasteiger partial charge in [-0.25, -0.2) is 0 Å². The summed E-state index contributed by atoms with van der Waals surface area (Å²) >= 11 is 12.5. The van der Waals surface area contributed by atoms with E-state index in [4.69, 9.17) is 37.4 Å². The van der Waals surface area contributed by atoms with Crippen LogP contribution in [0.1, 0.15) is 12.5 Å². The first-order valence-electron chi connectivity index (χ1n) is 12.2. The molecule has 2 fully saturated rings. The quantitative estimate of drug-likeness (QED) is 0.425. The Kier molecular flexibility index (Phi) is 9.32. The number of anilines is 1. The summed E-state index contributed by atoms with van der Waals surface area (Å²) < 4.78 is 18.3. The number of nitrogens with zero attached hydrogens (tertiary/aromatic N) is 2. The summed E-state index contributed by atoms with van der Waals surface area (Å²) in [5.74, 6) is -0.976. The minimum Gasteiger partial charge on any atom is -0.491 e. The summed E-state index contributed by atoms with van der Waals surface area (Å²) in [7, 11) is 0. The lowest BCUT2D eigenvalue weighted by atomic mass is 10.1. The number of piperazine rings is 1. The maximum atomic E-state index is 12.1. The minimum atomic E-state index is -1.35. The van der Waals surface area contributed by atoms with Gasteiger partial charge in [-0.1, -0.05) is 29.3 Å². The van der Waals surface area contributed by atoms with Crippen LogP contribution >= 0.6 is 23.2 Å². The Bertz CT molecular complexity index is 1140. The molecule has 2 aromatic carbocycles. The predicted molar refractivity (Wildman–Crippen MR) is 142 cm³/mol. The van der Waals surface area contributed by atoms with Gasteiger partial charge in [0.25, 0.3) is 0 Å². The highest BCUT2D eigenvalue weighted by Gasteiger charge is 2.45. The molecule has 204 valence electrons. The topological polar surface area (TPSA) is 109 Å². The zero-order chi connectivity index (χ0) is 27.1. The smallest absolute Gasteiger partial charge is 0.239 e. The monoisotopic (exact) mass is 564 g/mol. The number of carbonyl (C=O) groups excluding carboxylic acids is 3. The van der Waals surface area contributed by atoms with Crippen molar-refractivity contribution in [2.45, 2.75) is 18.8 Å². The molecule has 0 aliphatic carbocycles. The van der Waals surface area contributed by atoms with Crippen molar-refractivity contribution in [3.8, 4) is 5.75 Å². The van der Waals surface area contributed by atoms with Crippen LogP contribution in [0.3, 0.4) is 0 Å². The average molecular weight is 565 g/mol. The molecule has 2 heterocycles. The van der Waals surface area contributed by atoms with Gasteiger partial charge in [0.1, 0.15) is 18.5 Å². The van der Waals surface area contributed by atoms with E-state index in [1.165, 1.54) is 0 Å². The third kappa shape index (κ3) is 6.87. The van der Waals surface area contributed by atoms with Crippen LogP contribution in [-0.4, -0.2) is 81.7 Å². The lowest BCUT2D eigenvalue weighted by Crippen LogP contribution is -2.48. The number of hydrogen-bond acceptors (Lipinski definition) is 7. The summed E-state index contributed by atoms with van der Waals surface area (Å²) in [4.78, 5) is 38.2. The maximum absolute atomic E-state index is 12.1. The molecule has 0 spiro atoms. The van der Waals surface area contributed by atoms with Crippen molar-refractivity contribution in [1.29, 1.82) is 0 Å². The van der Waals surface area contributed by atoms with E-state index in [0.29, 0.717) is 40.9 Å². The van der Waals surface area contributed by atoms with Gasteiger partial charge < -0.3 is 34.6 Å². The second kappa shape index (κ2) is 12.7. The van der Waals surface area contributed by atoms with E-state index in [9.17, 15) is 14.4 Å². The number of amides is 3. The van der Waals surface area contributed by atoms with Gasteiger partial charge in [-0.15, -0.1) is 0 Å². The molecule has 2 atom stereocenters. The summed E-state index contributed by atoms with van der Waals surface area (Å²) in [6.45, 7) is 4.79. The van der Waals surface area contributed by atoms with Crippen molar-refractivity contribution >= 4 is 47.1 Å². The van der Waals surface area contributed by atoms with Crippen LogP contribution in [0, 0.1) is 0 Å². The molecule has 3 amide bonds. The first-order chi connectivity index (χ1) is 18.3. The van der Waals surface area contributed by atoms with Crippen LogP contribution in [-0.2, 0) is 29.6 Å². The molecule has 0 radical (unpaired) electrons. The normalized spacial score (nSPS) is 21.2. The molecule has 2 aromatic rings. The van der Waals surface area contributed by atoms with Gasteiger partial charge in [0.05, 0.1) is 24.7 Å². The van der Waals surface area contributed by atoms with Crippen LogP contribution in [0.2, 0.25) is 10.0 Å². The van der Waals surface area contributed by atoms with Crippen molar-refractivity contribution in [1.82, 2.24) is 15.5 Å². The van der Waals surface area contributed by atoms with Crippen molar-refractivity contribution < 1.29 is 28.6 Å². The first-order valence-corrected chi connectivity index (χ1v) is 13.0. The van der Waals surface area contributed by atoms with Gasteiger partial charge in [-0.2, -0.15) is 0 Å². The highest BCUT2D eigenvalue weighted by Crippen LogP contribution is 2.39. The number of benzene rings is 2. The van der Waals surface area contributed by atoms with E-state index in [-0.39, 0.29) is 32.2 Å². The summed E-state index contributed by atoms with van der Waals surface area (Å²) in [5, 5.41) is 5.81. The summed E-state index contributed by atoms with van der Waals surface area (Å²) in [6, 6.07) is 12.7. The highest BCUT2D eigenvalue weighted by atomic mass is 35.5. The number of nitrogens with one attached hydrogen (secondary N) is 2. The Morgan fingerprint density at radius 3 is 2.53 bits per heavy atom. The van der Waals surface area contributed by atoms with E-state index >= 15 is 0 Å². The number of carbonyl (C=O) groups is 3. The first kappa shape index (κ1) is 28.0. The van der Waals surface area contributed by atoms with Crippen molar-refractivity contribution in [2.75, 3.05) is 57.4 Å². The molecular weight excluding hydrogens is 535 g/mol. The van der Waals surface area contributed by atoms with E-state index in [1.807, 2.05) is 29.2 Å². The molecule has 4 rings (SSSR count). The molecule has 0 saturated carbocycles. The van der Waals surface area contributed by atoms with Gasteiger partial charge in [0.2, 0.25) is 24.0 Å². The molecule has 10 nitrogen and oxygen atoms in total. The van der Waals surface area contributed by atoms with Crippen molar-refractivity contribution in [3.63, 3.8) is 0 Å². The Hall–Kier alpha value is -3.05. The van der Waals surface area contributed by atoms with E-state index in [2.05, 4.69) is 15.5 Å². The summed E-state index contributed by atoms with van der Waals surface area (Å²) in [5.41, 5.74) is 1.58. The average Bonchev–Trinajstić information content (AvgIpc) is 3.34. The molecule has 0 unspecified atom stereocenters. The lowest BCUT2D eigenvalue weighted by molar-refractivity contribution is -0.177. The highest BCUT2D eigenvalue weighted by molar-refractivity contribution is 6.35. The lowest BCUT2D eigenvalue weighted by Gasteiger charge is -2.35. The number of halogens is 2. The second-order valence-corrected chi connectivity index (χ2v) is 9.85. The van der Waals surface area contributed by atoms with Crippen LogP contribution in [0.15, 0.2) is 42.5 Å². The summed E-state index contributed by atoms with van der Waals surface area (Å²) in [6.07, 6.45) is 0.00805. The molecule has 2 aliphatic heterocycles. The Morgan fingerprint density at radius 2 is 1.87 bits per heavy atom. The minimum absolute atomic E-state index is 0.0319. The Morgan fingerprint density at radius 1 is 1.13 bits per heavy atom. The van der Waals surface area contributed by atoms with E-state index in [0.717, 1.165) is 18.8 Å². The Balaban J connectivity index is 1.36. The van der Waals surface area contributed by atoms with Gasteiger partial charge in [-0.05, 0) is 36.4 Å². The third-order valence-corrected chi connectivity index (χ3v) is 6.98. The van der Waals surface area contributed by atoms with Gasteiger partial charge in [0, 0.05) is 49.4 Å². The molecule has 2 saturated heterocycles. The molecule has 2 aliphatic rings. The largest absolute Gasteiger partial charge is 0.491 e. The van der Waals surface area contributed by atoms with Gasteiger partial charge >= 0.3 is 0 Å². The molecule has 12 heteroatoms. The zero-order valence-corrected chi connectivity index (χ0v) is 22.5. The fraction of sp³-hybridized carbons (Fsp3) is 0.423. The number of rotatable bonds is 10. The van der Waals surface area contributed by atoms with Gasteiger partial charge in [0.15, 0.2) is 0 Å². The number of hydrogen-bond donors (Lipinski definition) is 2. The van der Waals surface area contributed by atoms with Gasteiger partial charge in [-0.3, -0.25) is 14.4 Å². The van der Waals surface area contributed by atoms with Crippen LogP contribution in [0.4, 0.5) is 5.69 Å². The fourth-order valence-corrected chi connectivity index (χ4v) is 4.96. The van der Waals surface area contributed by atoms with Crippen LogP contribution in [0.5, 0.6) is 5.75 Å². The van der Waals surface area contributed by atoms with Crippen molar-refractivity contribution in [3.05, 3.63) is 58.1 Å². The number of ether oxygens (including phenoxy) is 3. The predicted octanol–water partition coefficient (Wildman–Crippen LogP) is 2.17. The third-order valence-electron chi connectivity index (χ3n) is 6.43. The molecular formula is C26H30Cl2N4O6.